The maximum absolute atomic E-state index is 5.46. The minimum absolute atomic E-state index is 0.702. The lowest BCUT2D eigenvalue weighted by Gasteiger charge is -2.22. The van der Waals surface area contributed by atoms with Gasteiger partial charge in [-0.05, 0) is 32.6 Å². The monoisotopic (exact) mass is 249 g/mol. The molecule has 0 saturated heterocycles. The first-order valence-electron chi connectivity index (χ1n) is 6.76. The molecule has 4 N–H and O–H groups in total. The van der Waals surface area contributed by atoms with Crippen LogP contribution < -0.4 is 16.6 Å². The van der Waals surface area contributed by atoms with Gasteiger partial charge in [0.1, 0.15) is 17.5 Å². The van der Waals surface area contributed by atoms with Crippen LogP contribution in [-0.4, -0.2) is 16.5 Å². The lowest BCUT2D eigenvalue weighted by atomic mass is 9.89. The number of nitrogens with two attached hydrogens (primary N) is 1. The van der Waals surface area contributed by atoms with E-state index in [1.165, 1.54) is 32.1 Å². The van der Waals surface area contributed by atoms with Gasteiger partial charge in [-0.2, -0.15) is 0 Å². The molecule has 1 aliphatic rings. The van der Waals surface area contributed by atoms with E-state index in [-0.39, 0.29) is 0 Å². The second kappa shape index (κ2) is 6.00. The summed E-state index contributed by atoms with van der Waals surface area (Å²) in [4.78, 5) is 8.71. The Morgan fingerprint density at radius 1 is 1.11 bits per heavy atom. The van der Waals surface area contributed by atoms with Crippen molar-refractivity contribution in [3.8, 4) is 0 Å². The average molecular weight is 249 g/mol. The number of aryl methyl sites for hydroxylation is 1. The number of hydrazine groups is 1. The van der Waals surface area contributed by atoms with E-state index < -0.39 is 0 Å². The molecule has 0 bridgehead atoms. The molecule has 1 saturated carbocycles. The van der Waals surface area contributed by atoms with Crippen LogP contribution in [0.2, 0.25) is 0 Å². The largest absolute Gasteiger partial charge is 0.369 e. The zero-order valence-electron chi connectivity index (χ0n) is 11.3. The van der Waals surface area contributed by atoms with Gasteiger partial charge in [-0.3, -0.25) is 0 Å². The lowest BCUT2D eigenvalue weighted by molar-refractivity contribution is 0.373. The number of nitrogen functional groups attached to an aromatic ring is 1. The summed E-state index contributed by atoms with van der Waals surface area (Å²) in [5.74, 6) is 8.58. The van der Waals surface area contributed by atoms with Crippen molar-refractivity contribution in [1.29, 1.82) is 0 Å². The van der Waals surface area contributed by atoms with Crippen molar-refractivity contribution in [2.45, 2.75) is 46.0 Å². The highest BCUT2D eigenvalue weighted by Gasteiger charge is 2.14. The molecule has 1 aromatic rings. The smallest absolute Gasteiger partial charge is 0.148 e. The summed E-state index contributed by atoms with van der Waals surface area (Å²) in [6, 6.07) is 0. The van der Waals surface area contributed by atoms with Gasteiger partial charge >= 0.3 is 0 Å². The number of anilines is 2. The fourth-order valence-electron chi connectivity index (χ4n) is 2.57. The third-order valence-corrected chi connectivity index (χ3v) is 3.68. The van der Waals surface area contributed by atoms with Crippen molar-refractivity contribution in [2.24, 2.45) is 11.8 Å². The molecule has 0 atom stereocenters. The van der Waals surface area contributed by atoms with Crippen LogP contribution in [0.3, 0.4) is 0 Å². The first-order chi connectivity index (χ1) is 8.70. The summed E-state index contributed by atoms with van der Waals surface area (Å²) in [7, 11) is 0. The Hall–Kier alpha value is -1.36. The van der Waals surface area contributed by atoms with Gasteiger partial charge in [0, 0.05) is 12.1 Å². The summed E-state index contributed by atoms with van der Waals surface area (Å²) >= 11 is 0. The van der Waals surface area contributed by atoms with Crippen LogP contribution >= 0.6 is 0 Å². The van der Waals surface area contributed by atoms with Crippen molar-refractivity contribution in [2.75, 3.05) is 17.3 Å². The summed E-state index contributed by atoms with van der Waals surface area (Å²) in [5, 5.41) is 3.45. The van der Waals surface area contributed by atoms with Gasteiger partial charge in [-0.15, -0.1) is 0 Å². The Balaban J connectivity index is 2.01. The van der Waals surface area contributed by atoms with Gasteiger partial charge in [-0.1, -0.05) is 19.3 Å². The summed E-state index contributed by atoms with van der Waals surface area (Å²) < 4.78 is 0. The second-order valence-corrected chi connectivity index (χ2v) is 5.12. The lowest BCUT2D eigenvalue weighted by Crippen LogP contribution is -2.19. The van der Waals surface area contributed by atoms with E-state index in [1.807, 2.05) is 13.8 Å². The van der Waals surface area contributed by atoms with E-state index in [2.05, 4.69) is 20.7 Å². The molecule has 0 aromatic carbocycles. The minimum atomic E-state index is 0.702. The topological polar surface area (TPSA) is 75.9 Å². The normalized spacial score (nSPS) is 16.6. The van der Waals surface area contributed by atoms with E-state index >= 15 is 0 Å². The van der Waals surface area contributed by atoms with Crippen LogP contribution in [0.1, 0.15) is 43.5 Å². The van der Waals surface area contributed by atoms with Crippen LogP contribution in [-0.2, 0) is 0 Å². The number of rotatable bonds is 4. The molecular formula is C13H23N5. The molecule has 1 heterocycles. The fraction of sp³-hybridized carbons (Fsp3) is 0.692. The number of nitrogens with zero attached hydrogens (tertiary/aromatic N) is 2. The second-order valence-electron chi connectivity index (χ2n) is 5.12. The van der Waals surface area contributed by atoms with Crippen molar-refractivity contribution >= 4 is 11.6 Å². The number of hydrogen-bond acceptors (Lipinski definition) is 5. The van der Waals surface area contributed by atoms with Crippen LogP contribution in [0, 0.1) is 19.8 Å². The van der Waals surface area contributed by atoms with Crippen molar-refractivity contribution in [3.63, 3.8) is 0 Å². The molecule has 0 spiro atoms. The summed E-state index contributed by atoms with van der Waals surface area (Å²) in [6.07, 6.45) is 6.78. The first-order valence-corrected chi connectivity index (χ1v) is 6.76. The Labute approximate surface area is 109 Å². The maximum atomic E-state index is 5.46. The quantitative estimate of drug-likeness (QED) is 0.564. The number of hydrogen-bond donors (Lipinski definition) is 3. The Morgan fingerprint density at radius 3 is 2.44 bits per heavy atom. The van der Waals surface area contributed by atoms with Gasteiger partial charge in [0.15, 0.2) is 0 Å². The molecular weight excluding hydrogens is 226 g/mol. The molecule has 0 amide bonds. The molecule has 18 heavy (non-hydrogen) atoms. The maximum Gasteiger partial charge on any atom is 0.148 e. The van der Waals surface area contributed by atoms with Crippen molar-refractivity contribution in [1.82, 2.24) is 9.97 Å². The van der Waals surface area contributed by atoms with Crippen molar-refractivity contribution < 1.29 is 0 Å². The summed E-state index contributed by atoms with van der Waals surface area (Å²) in [6.45, 7) is 4.87. The highest BCUT2D eigenvalue weighted by molar-refractivity contribution is 5.56. The SMILES string of the molecule is Cc1nc(NN)c(C)c(NCC2CCCCC2)n1. The third-order valence-electron chi connectivity index (χ3n) is 3.68. The van der Waals surface area contributed by atoms with Gasteiger partial charge in [0.05, 0.1) is 0 Å². The van der Waals surface area contributed by atoms with Gasteiger partial charge in [-0.25, -0.2) is 15.8 Å². The molecule has 5 heteroatoms. The van der Waals surface area contributed by atoms with E-state index in [0.717, 1.165) is 29.7 Å². The highest BCUT2D eigenvalue weighted by Crippen LogP contribution is 2.25. The van der Waals surface area contributed by atoms with E-state index in [4.69, 9.17) is 5.84 Å². The van der Waals surface area contributed by atoms with Gasteiger partial charge in [0.2, 0.25) is 0 Å². The molecule has 0 unspecified atom stereocenters. The van der Waals surface area contributed by atoms with Crippen LogP contribution in [0.5, 0.6) is 0 Å². The minimum Gasteiger partial charge on any atom is -0.369 e. The highest BCUT2D eigenvalue weighted by atomic mass is 15.3. The van der Waals surface area contributed by atoms with Crippen LogP contribution in [0.25, 0.3) is 0 Å². The number of nitrogens with one attached hydrogen (secondary N) is 2. The Bertz CT molecular complexity index is 399. The standard InChI is InChI=1S/C13H23N5/c1-9-12(16-10(2)17-13(9)18-14)15-8-11-6-4-3-5-7-11/h11H,3-8,14H2,1-2H3,(H2,15,16,17,18). The fourth-order valence-corrected chi connectivity index (χ4v) is 2.57. The molecule has 1 fully saturated rings. The Morgan fingerprint density at radius 2 is 1.78 bits per heavy atom. The Kier molecular flexibility index (Phi) is 4.36. The zero-order chi connectivity index (χ0) is 13.0. The molecule has 5 nitrogen and oxygen atoms in total. The van der Waals surface area contributed by atoms with Crippen LogP contribution in [0.15, 0.2) is 0 Å². The predicted octanol–water partition coefficient (Wildman–Crippen LogP) is 2.37. The zero-order valence-corrected chi connectivity index (χ0v) is 11.3. The van der Waals surface area contributed by atoms with Gasteiger partial charge < -0.3 is 10.7 Å². The summed E-state index contributed by atoms with van der Waals surface area (Å²) in [5.41, 5.74) is 3.61. The number of aromatic nitrogens is 2. The third kappa shape index (κ3) is 3.10. The average Bonchev–Trinajstić information content (AvgIpc) is 2.40. The van der Waals surface area contributed by atoms with E-state index in [9.17, 15) is 0 Å². The molecule has 0 aliphatic heterocycles. The van der Waals surface area contributed by atoms with E-state index in [0.29, 0.717) is 5.82 Å². The van der Waals surface area contributed by atoms with Gasteiger partial charge in [0.25, 0.3) is 0 Å². The molecule has 2 rings (SSSR count). The predicted molar refractivity (Wildman–Crippen MR) is 74.4 cm³/mol. The molecule has 0 radical (unpaired) electrons. The first kappa shape index (κ1) is 13.1. The van der Waals surface area contributed by atoms with Crippen LogP contribution in [0.4, 0.5) is 11.6 Å². The molecule has 1 aromatic heterocycles. The molecule has 1 aliphatic carbocycles. The molecule has 100 valence electrons. The van der Waals surface area contributed by atoms with Crippen molar-refractivity contribution in [3.05, 3.63) is 11.4 Å². The van der Waals surface area contributed by atoms with E-state index in [1.54, 1.807) is 0 Å².